The first-order valence-electron chi connectivity index (χ1n) is 14.6. The van der Waals surface area contributed by atoms with Gasteiger partial charge in [0.15, 0.2) is 0 Å². The second-order valence-electron chi connectivity index (χ2n) is 11.5. The van der Waals surface area contributed by atoms with Crippen molar-refractivity contribution in [2.45, 2.75) is 103 Å². The van der Waals surface area contributed by atoms with E-state index in [4.69, 9.17) is 15.2 Å². The molecular weight excluding hydrogens is 496 g/mol. The highest BCUT2D eigenvalue weighted by Gasteiger charge is 2.47. The zero-order valence-corrected chi connectivity index (χ0v) is 24.4. The Labute approximate surface area is 233 Å². The first-order valence-corrected chi connectivity index (χ1v) is 14.6. The summed E-state index contributed by atoms with van der Waals surface area (Å²) in [7, 11) is 3.18. The van der Waals surface area contributed by atoms with Gasteiger partial charge in [-0.15, -0.1) is 0 Å². The number of benzene rings is 1. The Morgan fingerprint density at radius 2 is 1.72 bits per heavy atom. The zero-order chi connectivity index (χ0) is 28.5. The zero-order valence-electron chi connectivity index (χ0n) is 24.4. The Bertz CT molecular complexity index is 956. The van der Waals surface area contributed by atoms with Gasteiger partial charge in [0.1, 0.15) is 17.5 Å². The third-order valence-corrected chi connectivity index (χ3v) is 8.04. The van der Waals surface area contributed by atoms with Crippen molar-refractivity contribution in [2.75, 3.05) is 20.8 Å². The number of primary amides is 1. The molecule has 3 N–H and O–H groups in total. The van der Waals surface area contributed by atoms with Crippen molar-refractivity contribution in [2.24, 2.45) is 17.6 Å². The molecule has 3 atom stereocenters. The average Bonchev–Trinajstić information content (AvgIpc) is 2.91. The van der Waals surface area contributed by atoms with Crippen LogP contribution in [0, 0.1) is 11.8 Å². The normalized spacial score (nSPS) is 21.1. The molecule has 3 rings (SSSR count). The molecule has 1 saturated carbocycles. The quantitative estimate of drug-likeness (QED) is 0.403. The monoisotopic (exact) mass is 544 g/mol. The Morgan fingerprint density at radius 3 is 2.26 bits per heavy atom. The number of nitrogens with one attached hydrogen (secondary N) is 1. The molecule has 1 aliphatic carbocycles. The smallest absolute Gasteiger partial charge is 0.318 e. The van der Waals surface area contributed by atoms with Gasteiger partial charge in [-0.05, 0) is 49.3 Å². The van der Waals surface area contributed by atoms with Crippen LogP contribution in [-0.2, 0) is 16.1 Å². The maximum atomic E-state index is 14.1. The average molecular weight is 545 g/mol. The van der Waals surface area contributed by atoms with Gasteiger partial charge >= 0.3 is 6.03 Å². The molecule has 2 aliphatic rings. The highest BCUT2D eigenvalue weighted by atomic mass is 16.5. The van der Waals surface area contributed by atoms with Crippen LogP contribution in [0.4, 0.5) is 4.79 Å². The van der Waals surface area contributed by atoms with Crippen molar-refractivity contribution in [3.05, 3.63) is 23.8 Å². The minimum atomic E-state index is -0.677. The van der Waals surface area contributed by atoms with Crippen LogP contribution in [0.1, 0.15) is 84.1 Å². The summed E-state index contributed by atoms with van der Waals surface area (Å²) in [6, 6.07) is 4.20. The molecule has 9 nitrogen and oxygen atoms in total. The summed E-state index contributed by atoms with van der Waals surface area (Å²) < 4.78 is 10.9. The van der Waals surface area contributed by atoms with Crippen molar-refractivity contribution in [3.63, 3.8) is 0 Å². The first kappa shape index (κ1) is 30.6. The minimum absolute atomic E-state index is 0.0895. The predicted octanol–water partition coefficient (Wildman–Crippen LogP) is 4.47. The van der Waals surface area contributed by atoms with Crippen molar-refractivity contribution in [1.82, 2.24) is 15.1 Å². The summed E-state index contributed by atoms with van der Waals surface area (Å²) in [5, 5.41) is 3.22. The number of carbonyl (C=O) groups is 3. The molecule has 1 aliphatic heterocycles. The van der Waals surface area contributed by atoms with Crippen molar-refractivity contribution >= 4 is 17.8 Å². The predicted molar refractivity (Wildman–Crippen MR) is 151 cm³/mol. The SMILES string of the molecule is CCCCC(C(N)=O)C1CN(Cc2cc(OC)cc(OC)c2)C(=O)C(CC(C)C)N1C(=O)NC1CCCCC1. The number of ether oxygens (including phenoxy) is 2. The maximum Gasteiger partial charge on any atom is 0.318 e. The number of amides is 4. The van der Waals surface area contributed by atoms with Crippen molar-refractivity contribution in [1.29, 1.82) is 0 Å². The van der Waals surface area contributed by atoms with Gasteiger partial charge in [0.2, 0.25) is 11.8 Å². The van der Waals surface area contributed by atoms with E-state index < -0.39 is 23.9 Å². The number of nitrogens with two attached hydrogens (primary N) is 1. The number of rotatable bonds is 12. The van der Waals surface area contributed by atoms with Gasteiger partial charge in [0.05, 0.1) is 26.2 Å². The Morgan fingerprint density at radius 1 is 1.08 bits per heavy atom. The molecule has 1 aromatic carbocycles. The van der Waals surface area contributed by atoms with Gasteiger partial charge in [0, 0.05) is 25.2 Å². The van der Waals surface area contributed by atoms with Crippen molar-refractivity contribution < 1.29 is 23.9 Å². The molecule has 2 fully saturated rings. The van der Waals surface area contributed by atoms with Crippen LogP contribution in [0.3, 0.4) is 0 Å². The van der Waals surface area contributed by atoms with E-state index in [1.165, 1.54) is 6.42 Å². The maximum absolute atomic E-state index is 14.1. The van der Waals surface area contributed by atoms with E-state index in [-0.39, 0.29) is 30.4 Å². The highest BCUT2D eigenvalue weighted by molar-refractivity contribution is 5.90. The molecule has 0 bridgehead atoms. The molecule has 1 saturated heterocycles. The highest BCUT2D eigenvalue weighted by Crippen LogP contribution is 2.32. The summed E-state index contributed by atoms with van der Waals surface area (Å²) in [4.78, 5) is 44.3. The van der Waals surface area contributed by atoms with Crippen LogP contribution in [0.5, 0.6) is 11.5 Å². The standard InChI is InChI=1S/C30H48N4O5/c1-6-7-13-25(28(31)35)27-19-33(18-21-15-23(38-4)17-24(16-21)39-5)29(36)26(14-20(2)3)34(27)30(37)32-22-11-9-8-10-12-22/h15-17,20,22,25-27H,6-14,18-19H2,1-5H3,(H2,31,35)(H,32,37). The van der Waals surface area contributed by atoms with E-state index in [2.05, 4.69) is 12.2 Å². The minimum Gasteiger partial charge on any atom is -0.497 e. The molecule has 1 aromatic rings. The summed E-state index contributed by atoms with van der Waals surface area (Å²) in [5.74, 6) is 0.353. The molecule has 4 amide bonds. The molecule has 0 radical (unpaired) electrons. The summed E-state index contributed by atoms with van der Waals surface area (Å²) in [6.07, 6.45) is 8.03. The Hall–Kier alpha value is -2.97. The van der Waals surface area contributed by atoms with Gasteiger partial charge in [-0.1, -0.05) is 52.9 Å². The molecule has 1 heterocycles. The van der Waals surface area contributed by atoms with E-state index >= 15 is 0 Å². The van der Waals surface area contributed by atoms with Crippen LogP contribution >= 0.6 is 0 Å². The molecule has 3 unspecified atom stereocenters. The number of unbranched alkanes of at least 4 members (excludes halogenated alkanes) is 1. The molecule has 0 spiro atoms. The van der Waals surface area contributed by atoms with E-state index in [0.29, 0.717) is 30.9 Å². The number of carbonyl (C=O) groups excluding carboxylic acids is 3. The van der Waals surface area contributed by atoms with Crippen LogP contribution < -0.4 is 20.5 Å². The fourth-order valence-electron chi connectivity index (χ4n) is 6.00. The Balaban J connectivity index is 2.00. The fourth-order valence-corrected chi connectivity index (χ4v) is 6.00. The lowest BCUT2D eigenvalue weighted by atomic mass is 9.86. The van der Waals surface area contributed by atoms with Gasteiger partial charge in [0.25, 0.3) is 0 Å². The van der Waals surface area contributed by atoms with E-state index in [9.17, 15) is 14.4 Å². The number of nitrogens with zero attached hydrogens (tertiary/aromatic N) is 2. The molecular formula is C30H48N4O5. The summed E-state index contributed by atoms with van der Waals surface area (Å²) in [5.41, 5.74) is 6.83. The molecule has 39 heavy (non-hydrogen) atoms. The largest absolute Gasteiger partial charge is 0.497 e. The Kier molecular flexibility index (Phi) is 11.3. The topological polar surface area (TPSA) is 114 Å². The van der Waals surface area contributed by atoms with E-state index in [0.717, 1.165) is 44.1 Å². The molecule has 0 aromatic heterocycles. The van der Waals surface area contributed by atoms with E-state index in [1.807, 2.05) is 26.0 Å². The van der Waals surface area contributed by atoms with Gasteiger partial charge < -0.3 is 30.3 Å². The van der Waals surface area contributed by atoms with Crippen LogP contribution in [0.2, 0.25) is 0 Å². The van der Waals surface area contributed by atoms with Gasteiger partial charge in [-0.2, -0.15) is 0 Å². The van der Waals surface area contributed by atoms with Crippen molar-refractivity contribution in [3.8, 4) is 11.5 Å². The molecule has 9 heteroatoms. The lowest BCUT2D eigenvalue weighted by Gasteiger charge is -2.49. The van der Waals surface area contributed by atoms with Crippen LogP contribution in [0.25, 0.3) is 0 Å². The fraction of sp³-hybridized carbons (Fsp3) is 0.700. The summed E-state index contributed by atoms with van der Waals surface area (Å²) in [6.45, 7) is 6.72. The number of hydrogen-bond acceptors (Lipinski definition) is 5. The second-order valence-corrected chi connectivity index (χ2v) is 11.5. The third-order valence-electron chi connectivity index (χ3n) is 8.04. The number of urea groups is 1. The van der Waals surface area contributed by atoms with Gasteiger partial charge in [-0.3, -0.25) is 9.59 Å². The van der Waals surface area contributed by atoms with E-state index in [1.54, 1.807) is 30.1 Å². The number of hydrogen-bond donors (Lipinski definition) is 2. The van der Waals surface area contributed by atoms with Crippen LogP contribution in [-0.4, -0.2) is 66.5 Å². The summed E-state index contributed by atoms with van der Waals surface area (Å²) >= 11 is 0. The number of piperazine rings is 1. The third kappa shape index (κ3) is 8.02. The molecule has 218 valence electrons. The first-order chi connectivity index (χ1) is 18.7. The van der Waals surface area contributed by atoms with Gasteiger partial charge in [-0.25, -0.2) is 4.79 Å². The lowest BCUT2D eigenvalue weighted by molar-refractivity contribution is -0.148. The lowest BCUT2D eigenvalue weighted by Crippen LogP contribution is -2.68. The van der Waals surface area contributed by atoms with Crippen LogP contribution in [0.15, 0.2) is 18.2 Å². The second kappa shape index (κ2) is 14.4. The number of methoxy groups -OCH3 is 2.